The number of unbranched alkanes of at least 4 members (excludes halogenated alkanes) is 13. The van der Waals surface area contributed by atoms with Crippen LogP contribution in [0.5, 0.6) is 0 Å². The first kappa shape index (κ1) is 27.4. The number of amides is 1. The van der Waals surface area contributed by atoms with Crippen molar-refractivity contribution in [1.82, 2.24) is 5.32 Å². The Bertz CT molecular complexity index is 350. The van der Waals surface area contributed by atoms with Gasteiger partial charge in [0.2, 0.25) is 5.91 Å². The molecule has 5 nitrogen and oxygen atoms in total. The van der Waals surface area contributed by atoms with Crippen molar-refractivity contribution in [2.75, 3.05) is 19.8 Å². The van der Waals surface area contributed by atoms with Gasteiger partial charge in [-0.2, -0.15) is 0 Å². The minimum Gasteiger partial charge on any atom is -0.394 e. The summed E-state index contributed by atoms with van der Waals surface area (Å²) in [6.07, 6.45) is 19.2. The second-order valence-corrected chi connectivity index (χ2v) is 8.53. The molecule has 0 saturated carbocycles. The molecule has 0 aromatic rings. The van der Waals surface area contributed by atoms with Gasteiger partial charge < -0.3 is 20.6 Å². The fourth-order valence-electron chi connectivity index (χ4n) is 3.43. The van der Waals surface area contributed by atoms with Crippen LogP contribution in [0.25, 0.3) is 0 Å². The minimum absolute atomic E-state index is 0.179. The number of rotatable bonds is 20. The van der Waals surface area contributed by atoms with Crippen LogP contribution >= 0.6 is 0 Å². The smallest absolute Gasteiger partial charge is 0.223 e. The Morgan fingerprint density at radius 3 is 1.43 bits per heavy atom. The number of hydrogen-bond donors (Lipinski definition) is 4. The van der Waals surface area contributed by atoms with Crippen LogP contribution in [-0.2, 0) is 4.79 Å². The summed E-state index contributed by atoms with van der Waals surface area (Å²) in [4.78, 5) is 12.2. The van der Waals surface area contributed by atoms with Gasteiger partial charge in [0.1, 0.15) is 5.54 Å². The molecule has 0 spiro atoms. The highest BCUT2D eigenvalue weighted by molar-refractivity contribution is 5.79. The molecule has 0 bridgehead atoms. The lowest BCUT2D eigenvalue weighted by Gasteiger charge is -2.30. The fourth-order valence-corrected chi connectivity index (χ4v) is 3.43. The zero-order valence-corrected chi connectivity index (χ0v) is 18.6. The van der Waals surface area contributed by atoms with E-state index in [0.717, 1.165) is 19.3 Å². The van der Waals surface area contributed by atoms with Gasteiger partial charge in [-0.1, -0.05) is 104 Å². The molecule has 4 N–H and O–H groups in total. The third-order valence-electron chi connectivity index (χ3n) is 5.73. The molecule has 28 heavy (non-hydrogen) atoms. The first-order chi connectivity index (χ1) is 13.5. The molecule has 1 atom stereocenters. The second kappa shape index (κ2) is 18.4. The molecule has 0 aliphatic heterocycles. The van der Waals surface area contributed by atoms with E-state index in [1.807, 2.05) is 6.92 Å². The predicted octanol–water partition coefficient (Wildman–Crippen LogP) is 4.33. The normalized spacial score (nSPS) is 12.9. The number of carbonyl (C=O) groups is 1. The van der Waals surface area contributed by atoms with E-state index in [1.165, 1.54) is 77.0 Å². The van der Waals surface area contributed by atoms with Gasteiger partial charge in [-0.05, 0) is 6.42 Å². The van der Waals surface area contributed by atoms with Gasteiger partial charge in [-0.25, -0.2) is 0 Å². The molecular formula is C23H47NO4. The monoisotopic (exact) mass is 401 g/mol. The van der Waals surface area contributed by atoms with Crippen LogP contribution in [0.1, 0.15) is 110 Å². The van der Waals surface area contributed by atoms with Gasteiger partial charge in [0, 0.05) is 5.92 Å². The molecule has 0 radical (unpaired) electrons. The highest BCUT2D eigenvalue weighted by Gasteiger charge is 2.31. The highest BCUT2D eigenvalue weighted by atomic mass is 16.3. The van der Waals surface area contributed by atoms with E-state index >= 15 is 0 Å². The van der Waals surface area contributed by atoms with Crippen LogP contribution < -0.4 is 5.32 Å². The maximum Gasteiger partial charge on any atom is 0.223 e. The summed E-state index contributed by atoms with van der Waals surface area (Å²) in [7, 11) is 0. The number of carbonyl (C=O) groups excluding carboxylic acids is 1. The number of aliphatic hydroxyl groups excluding tert-OH is 3. The van der Waals surface area contributed by atoms with Crippen molar-refractivity contribution in [3.63, 3.8) is 0 Å². The first-order valence-corrected chi connectivity index (χ1v) is 11.7. The molecule has 0 saturated heterocycles. The maximum atomic E-state index is 12.2. The number of nitrogens with one attached hydrogen (secondary N) is 1. The van der Waals surface area contributed by atoms with Crippen molar-refractivity contribution < 1.29 is 20.1 Å². The molecule has 0 aromatic heterocycles. The van der Waals surface area contributed by atoms with Crippen LogP contribution in [0.4, 0.5) is 0 Å². The lowest BCUT2D eigenvalue weighted by molar-refractivity contribution is -0.129. The van der Waals surface area contributed by atoms with Gasteiger partial charge in [-0.15, -0.1) is 0 Å². The molecule has 1 unspecified atom stereocenters. The van der Waals surface area contributed by atoms with Crippen molar-refractivity contribution in [1.29, 1.82) is 0 Å². The van der Waals surface area contributed by atoms with Gasteiger partial charge in [-0.3, -0.25) is 4.79 Å². The molecule has 0 rings (SSSR count). The van der Waals surface area contributed by atoms with Crippen molar-refractivity contribution >= 4 is 5.91 Å². The zero-order chi connectivity index (χ0) is 21.1. The van der Waals surface area contributed by atoms with E-state index in [9.17, 15) is 20.1 Å². The average molecular weight is 402 g/mol. The Hall–Kier alpha value is -0.650. The van der Waals surface area contributed by atoms with Crippen molar-refractivity contribution in [3.8, 4) is 0 Å². The largest absolute Gasteiger partial charge is 0.394 e. The minimum atomic E-state index is -1.32. The van der Waals surface area contributed by atoms with Gasteiger partial charge >= 0.3 is 0 Å². The van der Waals surface area contributed by atoms with E-state index in [2.05, 4.69) is 12.2 Å². The van der Waals surface area contributed by atoms with Crippen LogP contribution in [0, 0.1) is 5.92 Å². The lowest BCUT2D eigenvalue weighted by atomic mass is 9.97. The molecule has 0 aliphatic carbocycles. The van der Waals surface area contributed by atoms with Gasteiger partial charge in [0.05, 0.1) is 19.8 Å². The molecule has 0 heterocycles. The first-order valence-electron chi connectivity index (χ1n) is 11.7. The Morgan fingerprint density at radius 2 is 1.07 bits per heavy atom. The quantitative estimate of drug-likeness (QED) is 0.229. The predicted molar refractivity (Wildman–Crippen MR) is 116 cm³/mol. The van der Waals surface area contributed by atoms with E-state index in [0.29, 0.717) is 0 Å². The van der Waals surface area contributed by atoms with E-state index in [1.54, 1.807) is 0 Å². The molecule has 0 aliphatic rings. The molecule has 5 heteroatoms. The van der Waals surface area contributed by atoms with Gasteiger partial charge in [0.15, 0.2) is 0 Å². The second-order valence-electron chi connectivity index (χ2n) is 8.53. The Labute approximate surface area is 173 Å². The van der Waals surface area contributed by atoms with Crippen LogP contribution in [0.3, 0.4) is 0 Å². The van der Waals surface area contributed by atoms with Crippen molar-refractivity contribution in [2.45, 2.75) is 116 Å². The van der Waals surface area contributed by atoms with Crippen LogP contribution in [0.15, 0.2) is 0 Å². The topological polar surface area (TPSA) is 89.8 Å². The summed E-state index contributed by atoms with van der Waals surface area (Å²) in [5, 5.41) is 30.4. The third-order valence-corrected chi connectivity index (χ3v) is 5.73. The zero-order valence-electron chi connectivity index (χ0n) is 18.6. The molecule has 1 amide bonds. The molecule has 0 aromatic carbocycles. The molecule has 0 fully saturated rings. The number of hydrogen-bond acceptors (Lipinski definition) is 4. The summed E-state index contributed by atoms with van der Waals surface area (Å²) < 4.78 is 0. The Morgan fingerprint density at radius 1 is 0.714 bits per heavy atom. The summed E-state index contributed by atoms with van der Waals surface area (Å²) in [5.41, 5.74) is -1.32. The Balaban J connectivity index is 3.54. The maximum absolute atomic E-state index is 12.2. The average Bonchev–Trinajstić information content (AvgIpc) is 2.72. The summed E-state index contributed by atoms with van der Waals surface area (Å²) in [5.74, 6) is -0.395. The molecular weight excluding hydrogens is 354 g/mol. The standard InChI is InChI=1S/C23H47NO4/c1-3-4-5-6-7-8-9-10-11-12-13-14-15-16-17-21(2)22(28)24-23(18-25,19-26)20-27/h21,25-27H,3-20H2,1-2H3,(H,24,28). The SMILES string of the molecule is CCCCCCCCCCCCCCCCC(C)C(=O)NC(CO)(CO)CO. The third kappa shape index (κ3) is 13.5. The summed E-state index contributed by atoms with van der Waals surface area (Å²) in [6, 6.07) is 0. The summed E-state index contributed by atoms with van der Waals surface area (Å²) in [6.45, 7) is 2.69. The van der Waals surface area contributed by atoms with Crippen molar-refractivity contribution in [3.05, 3.63) is 0 Å². The van der Waals surface area contributed by atoms with Crippen LogP contribution in [0.2, 0.25) is 0 Å². The van der Waals surface area contributed by atoms with Crippen molar-refractivity contribution in [2.24, 2.45) is 5.92 Å². The number of aliphatic hydroxyl groups is 3. The Kier molecular flexibility index (Phi) is 18.0. The van der Waals surface area contributed by atoms with Crippen LogP contribution in [-0.4, -0.2) is 46.6 Å². The van der Waals surface area contributed by atoms with E-state index < -0.39 is 25.4 Å². The van der Waals surface area contributed by atoms with Gasteiger partial charge in [0.25, 0.3) is 0 Å². The molecule has 168 valence electrons. The van der Waals surface area contributed by atoms with E-state index in [4.69, 9.17) is 0 Å². The summed E-state index contributed by atoms with van der Waals surface area (Å²) >= 11 is 0. The highest BCUT2D eigenvalue weighted by Crippen LogP contribution is 2.15. The van der Waals surface area contributed by atoms with E-state index in [-0.39, 0.29) is 11.8 Å². The lowest BCUT2D eigenvalue weighted by Crippen LogP contribution is -2.58. The fraction of sp³-hybridized carbons (Fsp3) is 0.957.